The van der Waals surface area contributed by atoms with Crippen molar-refractivity contribution >= 4 is 18.3 Å². The van der Waals surface area contributed by atoms with E-state index in [-0.39, 0.29) is 0 Å². The molecule has 1 N–H and O–H groups in total. The molecule has 3 nitrogen and oxygen atoms in total. The number of hydrogen-bond donors (Lipinski definition) is 1. The van der Waals surface area contributed by atoms with E-state index in [1.807, 2.05) is 39.8 Å². The number of phenols is 1. The summed E-state index contributed by atoms with van der Waals surface area (Å²) in [6.07, 6.45) is 16.8. The third-order valence-corrected chi connectivity index (χ3v) is 6.54. The van der Waals surface area contributed by atoms with Gasteiger partial charge in [0.1, 0.15) is 11.5 Å². The fraction of sp³-hybridized carbons (Fsp3) is 0.486. The first-order valence-corrected chi connectivity index (χ1v) is 15.9. The maximum absolute atomic E-state index is 9.78. The van der Waals surface area contributed by atoms with Gasteiger partial charge in [-0.15, -0.1) is 11.6 Å². The molecular formula is C37H56ClNO2. The summed E-state index contributed by atoms with van der Waals surface area (Å²) < 4.78 is 5.93. The van der Waals surface area contributed by atoms with E-state index in [9.17, 15) is 5.11 Å². The Bertz CT molecular complexity index is 1020. The predicted octanol–water partition coefficient (Wildman–Crippen LogP) is 11.4. The Hall–Kier alpha value is -2.78. The molecule has 228 valence electrons. The molecule has 2 aromatic carbocycles. The van der Waals surface area contributed by atoms with Crippen LogP contribution in [0.2, 0.25) is 0 Å². The first-order valence-electron chi connectivity index (χ1n) is 15.4. The highest BCUT2D eigenvalue weighted by molar-refractivity contribution is 6.17. The molecule has 0 radical (unpaired) electrons. The van der Waals surface area contributed by atoms with Gasteiger partial charge in [0.25, 0.3) is 0 Å². The maximum Gasteiger partial charge on any atom is 0.119 e. The van der Waals surface area contributed by atoms with Crippen LogP contribution in [-0.4, -0.2) is 24.3 Å². The summed E-state index contributed by atoms with van der Waals surface area (Å²) in [7, 11) is 0. The Labute approximate surface area is 257 Å². The molecule has 1 aliphatic carbocycles. The normalized spacial score (nSPS) is 13.2. The van der Waals surface area contributed by atoms with E-state index >= 15 is 0 Å². The molecule has 0 fully saturated rings. The maximum atomic E-state index is 9.78. The molecule has 0 amide bonds. The van der Waals surface area contributed by atoms with Gasteiger partial charge in [-0.3, -0.25) is 4.99 Å². The highest BCUT2D eigenvalue weighted by Crippen LogP contribution is 2.36. The van der Waals surface area contributed by atoms with Crippen LogP contribution in [0, 0.1) is 0 Å². The van der Waals surface area contributed by atoms with Crippen molar-refractivity contribution in [1.82, 2.24) is 0 Å². The molecule has 1 unspecified atom stereocenters. The summed E-state index contributed by atoms with van der Waals surface area (Å²) in [6, 6.07) is 14.4. The molecule has 0 saturated carbocycles. The van der Waals surface area contributed by atoms with Crippen LogP contribution in [-0.2, 0) is 12.8 Å². The molecule has 1 atom stereocenters. The number of hydrogen-bond acceptors (Lipinski definition) is 3. The van der Waals surface area contributed by atoms with Crippen molar-refractivity contribution in [3.63, 3.8) is 0 Å². The number of rotatable bonds is 13. The lowest BCUT2D eigenvalue weighted by Gasteiger charge is -2.26. The van der Waals surface area contributed by atoms with Gasteiger partial charge in [-0.25, -0.2) is 0 Å². The van der Waals surface area contributed by atoms with Crippen LogP contribution < -0.4 is 4.74 Å². The molecule has 4 heteroatoms. The Morgan fingerprint density at radius 3 is 2.20 bits per heavy atom. The van der Waals surface area contributed by atoms with Crippen LogP contribution in [0.5, 0.6) is 11.5 Å². The van der Waals surface area contributed by atoms with Crippen LogP contribution in [0.4, 0.5) is 0 Å². The molecule has 1 aliphatic rings. The first kappa shape index (κ1) is 38.2. The molecular weight excluding hydrogens is 526 g/mol. The van der Waals surface area contributed by atoms with E-state index in [4.69, 9.17) is 16.3 Å². The van der Waals surface area contributed by atoms with Crippen molar-refractivity contribution < 1.29 is 9.84 Å². The number of fused-ring (bicyclic) bond motifs is 1. The fourth-order valence-electron chi connectivity index (χ4n) is 4.42. The summed E-state index contributed by atoms with van der Waals surface area (Å²) in [6.45, 7) is 20.0. The van der Waals surface area contributed by atoms with Gasteiger partial charge in [-0.1, -0.05) is 108 Å². The van der Waals surface area contributed by atoms with E-state index in [1.54, 1.807) is 12.3 Å². The summed E-state index contributed by atoms with van der Waals surface area (Å²) in [5.41, 5.74) is 6.33. The molecule has 0 heterocycles. The number of nitrogens with zero attached hydrogens (tertiary/aromatic N) is 1. The molecule has 0 spiro atoms. The van der Waals surface area contributed by atoms with Gasteiger partial charge >= 0.3 is 0 Å². The van der Waals surface area contributed by atoms with Gasteiger partial charge in [0.2, 0.25) is 0 Å². The number of halogens is 1. The minimum atomic E-state index is 0.359. The minimum Gasteiger partial charge on any atom is -0.508 e. The SMILES string of the molecule is C=N/C=C\C(=C)C.CC.CCCCCCCCCOc1ccc(CC2C(C)=CCc3cc(O)ccc32)cc1.CCCl. The second-order valence-corrected chi connectivity index (χ2v) is 10.6. The third-order valence-electron chi connectivity index (χ3n) is 6.54. The summed E-state index contributed by atoms with van der Waals surface area (Å²) in [5, 5.41) is 9.78. The molecule has 0 aliphatic heterocycles. The van der Waals surface area contributed by atoms with Crippen molar-refractivity contribution in [2.24, 2.45) is 4.99 Å². The molecule has 0 bridgehead atoms. The number of phenolic OH excluding ortho intramolecular Hbond substituents is 1. The summed E-state index contributed by atoms with van der Waals surface area (Å²) in [5.74, 6) is 2.44. The van der Waals surface area contributed by atoms with E-state index in [1.165, 1.54) is 60.8 Å². The van der Waals surface area contributed by atoms with E-state index in [2.05, 4.69) is 68.5 Å². The zero-order valence-electron chi connectivity index (χ0n) is 26.7. The standard InChI is InChI=1S/C27H36O2.C6H9N.C2H5Cl.C2H6/c1-3-4-5-6-7-8-9-18-29-25-15-11-22(12-16-25)19-27-21(2)10-13-23-20-24(28)14-17-26(23)27;1-6(2)4-5-7-3;1-2-3;1-2/h10-12,14-17,20,27-28H,3-9,13,18-19H2,1-2H3;4-5H,1,3H2,2H3;2H2,1H3;1-2H3/b;5-4-;;. The zero-order chi connectivity index (χ0) is 30.9. The van der Waals surface area contributed by atoms with Gasteiger partial charge in [-0.05, 0) is 86.9 Å². The lowest BCUT2D eigenvalue weighted by Crippen LogP contribution is -2.12. The van der Waals surface area contributed by atoms with Crippen molar-refractivity contribution in [2.75, 3.05) is 12.5 Å². The number of allylic oxidation sites excluding steroid dienone is 4. The van der Waals surface area contributed by atoms with Gasteiger partial charge in [0.15, 0.2) is 0 Å². The topological polar surface area (TPSA) is 41.8 Å². The van der Waals surface area contributed by atoms with Crippen LogP contribution in [0.15, 0.2) is 83.5 Å². The monoisotopic (exact) mass is 581 g/mol. The Balaban J connectivity index is 0.00000114. The lowest BCUT2D eigenvalue weighted by molar-refractivity contribution is 0.304. The Morgan fingerprint density at radius 1 is 1.02 bits per heavy atom. The number of benzene rings is 2. The third kappa shape index (κ3) is 17.6. The van der Waals surface area contributed by atoms with Crippen molar-refractivity contribution in [1.29, 1.82) is 0 Å². The largest absolute Gasteiger partial charge is 0.508 e. The zero-order valence-corrected chi connectivity index (χ0v) is 27.5. The number of alkyl halides is 1. The van der Waals surface area contributed by atoms with Gasteiger partial charge < -0.3 is 9.84 Å². The second kappa shape index (κ2) is 25.0. The quantitative estimate of drug-likeness (QED) is 0.0840. The minimum absolute atomic E-state index is 0.359. The van der Waals surface area contributed by atoms with E-state index in [0.29, 0.717) is 11.7 Å². The van der Waals surface area contributed by atoms with Crippen LogP contribution in [0.1, 0.15) is 109 Å². The van der Waals surface area contributed by atoms with Crippen molar-refractivity contribution in [3.05, 3.63) is 95.2 Å². The number of ether oxygens (including phenoxy) is 1. The molecule has 0 aromatic heterocycles. The summed E-state index contributed by atoms with van der Waals surface area (Å²) in [4.78, 5) is 3.48. The number of aromatic hydroxyl groups is 1. The van der Waals surface area contributed by atoms with Crippen molar-refractivity contribution in [3.8, 4) is 11.5 Å². The number of unbranched alkanes of at least 4 members (excludes halogenated alkanes) is 6. The van der Waals surface area contributed by atoms with Crippen molar-refractivity contribution in [2.45, 2.75) is 105 Å². The van der Waals surface area contributed by atoms with E-state index in [0.717, 1.165) is 43.1 Å². The molecule has 41 heavy (non-hydrogen) atoms. The van der Waals surface area contributed by atoms with Crippen LogP contribution in [0.3, 0.4) is 0 Å². The highest BCUT2D eigenvalue weighted by Gasteiger charge is 2.21. The molecule has 3 rings (SSSR count). The first-order chi connectivity index (χ1) is 19.9. The van der Waals surface area contributed by atoms with Crippen LogP contribution in [0.25, 0.3) is 0 Å². The summed E-state index contributed by atoms with van der Waals surface area (Å²) >= 11 is 5.00. The van der Waals surface area contributed by atoms with Gasteiger partial charge in [-0.2, -0.15) is 0 Å². The predicted molar refractivity (Wildman–Crippen MR) is 183 cm³/mol. The molecule has 2 aromatic rings. The molecule has 0 saturated heterocycles. The fourth-order valence-corrected chi connectivity index (χ4v) is 4.42. The lowest BCUT2D eigenvalue weighted by atomic mass is 9.79. The second-order valence-electron chi connectivity index (χ2n) is 10.0. The average Bonchev–Trinajstić information content (AvgIpc) is 2.97. The smallest absolute Gasteiger partial charge is 0.119 e. The van der Waals surface area contributed by atoms with E-state index < -0.39 is 0 Å². The Morgan fingerprint density at radius 2 is 1.63 bits per heavy atom. The average molecular weight is 582 g/mol. The van der Waals surface area contributed by atoms with Gasteiger partial charge in [0, 0.05) is 18.0 Å². The van der Waals surface area contributed by atoms with Crippen LogP contribution >= 0.6 is 11.6 Å². The van der Waals surface area contributed by atoms with Gasteiger partial charge in [0.05, 0.1) is 6.61 Å². The highest BCUT2D eigenvalue weighted by atomic mass is 35.5. The number of aliphatic imine (C=N–C) groups is 1. The Kier molecular flexibility index (Phi) is 23.3.